The molecule has 0 aliphatic carbocycles. The van der Waals surface area contributed by atoms with Gasteiger partial charge in [0.2, 0.25) is 0 Å². The molecular weight excluding hydrogens is 1580 g/mol. The summed E-state index contributed by atoms with van der Waals surface area (Å²) in [5, 5.41) is 61.3. The third-order valence-corrected chi connectivity index (χ3v) is 20.1. The molecular formula is C77H164Cl6N18O12+2. The fourth-order valence-corrected chi connectivity index (χ4v) is 14.2. The van der Waals surface area contributed by atoms with Crippen molar-refractivity contribution in [3.63, 3.8) is 0 Å². The Morgan fingerprint density at radius 1 is 0.434 bits per heavy atom. The van der Waals surface area contributed by atoms with Gasteiger partial charge in [-0.1, -0.05) is 7.43 Å². The average molecular weight is 1750 g/mol. The van der Waals surface area contributed by atoms with Crippen molar-refractivity contribution in [2.75, 3.05) is 252 Å². The van der Waals surface area contributed by atoms with Gasteiger partial charge in [0.1, 0.15) is 72.9 Å². The van der Waals surface area contributed by atoms with Crippen LogP contribution in [0.15, 0.2) is 0 Å². The number of hydrogen-bond acceptors (Lipinski definition) is 22. The van der Waals surface area contributed by atoms with Crippen LogP contribution in [0.5, 0.6) is 0 Å². The summed E-state index contributed by atoms with van der Waals surface area (Å²) < 4.78 is 44.3. The van der Waals surface area contributed by atoms with Crippen LogP contribution in [0.3, 0.4) is 0 Å². The Balaban J connectivity index is -0.000000627. The normalized spacial score (nSPS) is 27.7. The lowest BCUT2D eigenvalue weighted by molar-refractivity contribution is -1.16. The first kappa shape index (κ1) is 118. The summed E-state index contributed by atoms with van der Waals surface area (Å²) in [6.07, 6.45) is 4.96. The Hall–Kier alpha value is -0.870. The predicted molar refractivity (Wildman–Crippen MR) is 443 cm³/mol. The maximum atomic E-state index is 10.5. The molecule has 0 bridgehead atoms. The lowest BCUT2D eigenvalue weighted by atomic mass is 9.75. The van der Waals surface area contributed by atoms with Crippen molar-refractivity contribution in [2.24, 2.45) is 17.2 Å². The van der Waals surface area contributed by atoms with E-state index in [2.05, 4.69) is 150 Å². The number of hydroxylamine groups is 4. The fraction of sp³-hybridized carbons (Fsp3) is 0.961. The number of aliphatic hydroxyl groups is 2. The van der Waals surface area contributed by atoms with Gasteiger partial charge in [0.25, 0.3) is 5.66 Å². The minimum absolute atomic E-state index is 0. The molecule has 0 aromatic carbocycles. The topological polar surface area (TPSA) is 350 Å². The van der Waals surface area contributed by atoms with Gasteiger partial charge in [-0.2, -0.15) is 10.1 Å². The third-order valence-electron chi connectivity index (χ3n) is 19.0. The fourth-order valence-electron chi connectivity index (χ4n) is 13.7. The number of nitrogens with two attached hydrogens (primary N) is 3. The monoisotopic (exact) mass is 1740 g/mol. The van der Waals surface area contributed by atoms with E-state index in [1.54, 1.807) is 0 Å². The molecule has 0 saturated carbocycles. The van der Waals surface area contributed by atoms with Crippen molar-refractivity contribution in [3.05, 3.63) is 34.3 Å². The van der Waals surface area contributed by atoms with Crippen LogP contribution in [0.25, 0.3) is 14.5 Å². The Bertz CT molecular complexity index is 2360. The van der Waals surface area contributed by atoms with Crippen LogP contribution < -0.4 is 96.4 Å². The predicted octanol–water partition coefficient (Wildman–Crippen LogP) is -7.70. The molecule has 9 heterocycles. The van der Waals surface area contributed by atoms with Gasteiger partial charge < -0.3 is 143 Å². The SMILES string of the molecule is C.C[N+](C)(C)CC1CO1.C[N+](C)(C)CC1CO1.C[N+](C)(C)CC1CO1.ClCC1CO1.ClCC1CO1.ClCC1CO1.[C-]#[N+]C1(NCCNCCN)CC(C)(C)[NH+](O)C(C)(C)C1.[C-]#[N+]C1(OCC(O)CNCCNCCN)CC(C)(C)N(C)C(C)(C)C1.[C-]#[N+]C1(OCC(O)CNCCNCCN)CC(C)(C)[NH+](O)C(C)(C)C1.[Cl-].[Cl-].[Cl-]. The number of likely N-dealkylation sites (N-methyl/N-ethyl adjacent to an activating group) is 3. The maximum absolute atomic E-state index is 10.5. The molecule has 9 fully saturated rings. The standard InChI is InChI=1S/C18H37N5O2.C17H35N5O3.C14H29N5O.3C6H14NO.3C3H5ClO.CH4.3ClH/c1-16(2)13-18(20-5,14-17(3,4)23(16)6)25-12-15(24)11-22-10-9-21-8-7-19;1-15(2)12-17(19-5,13-16(3,4)22(15)24)25-11-14(23)10-21-9-8-20-7-6-18;1-12(2)10-14(16-5,11-13(3,4)19(12)20)18-9-8-17-7-6-15;3*1-7(2,3)4-6-5-8-6;3*4-1-3-2-5-3;;;;/h15,21-22,24H,7-14,19H2,1-4,6H3;14,20-21,23-24H,6-13,18H2,1-4H3;17-18,20H,6-11,15H2,1-4H3;3*6H,4-5H2,1-3H3;3*3H,1-2H2;1H4;3*1H/q;;;3*+1;;;;;;;/p-1. The summed E-state index contributed by atoms with van der Waals surface area (Å²) >= 11 is 15.8. The summed E-state index contributed by atoms with van der Waals surface area (Å²) in [6, 6.07) is 0. The van der Waals surface area contributed by atoms with Gasteiger partial charge in [0.15, 0.2) is 0 Å². The Kier molecular flexibility index (Phi) is 58.7. The second kappa shape index (κ2) is 56.0. The molecule has 9 aliphatic heterocycles. The van der Waals surface area contributed by atoms with E-state index in [1.165, 1.54) is 0 Å². The molecule has 36 heteroatoms. The molecule has 0 aromatic heterocycles. The van der Waals surface area contributed by atoms with Crippen molar-refractivity contribution in [3.8, 4) is 0 Å². The van der Waals surface area contributed by atoms with Gasteiger partial charge in [-0.05, 0) is 90.1 Å². The highest BCUT2D eigenvalue weighted by atomic mass is 35.5. The zero-order valence-electron chi connectivity index (χ0n) is 72.8. The number of piperidine rings is 3. The van der Waals surface area contributed by atoms with Crippen LogP contribution >= 0.6 is 34.8 Å². The molecule has 8 unspecified atom stereocenters. The lowest BCUT2D eigenvalue weighted by Crippen LogP contribution is -3.25. The molecule has 113 heavy (non-hydrogen) atoms. The number of hydrogen-bond donors (Lipinski definition) is 15. The molecule has 9 saturated heterocycles. The van der Waals surface area contributed by atoms with Gasteiger partial charge in [0.05, 0.1) is 190 Å². The highest BCUT2D eigenvalue weighted by Crippen LogP contribution is 2.45. The van der Waals surface area contributed by atoms with Crippen LogP contribution in [-0.2, 0) is 37.9 Å². The molecule has 8 atom stereocenters. The van der Waals surface area contributed by atoms with Crippen molar-refractivity contribution >= 4 is 34.8 Å². The van der Waals surface area contributed by atoms with Crippen LogP contribution in [-0.4, -0.2) is 390 Å². The highest BCUT2D eigenvalue weighted by molar-refractivity contribution is 6.18. The molecule has 30 nitrogen and oxygen atoms in total. The first-order chi connectivity index (χ1) is 50.4. The van der Waals surface area contributed by atoms with Gasteiger partial charge in [-0.3, -0.25) is 19.4 Å². The van der Waals surface area contributed by atoms with E-state index < -0.39 is 40.4 Å². The largest absolute Gasteiger partial charge is 1.00 e. The van der Waals surface area contributed by atoms with E-state index in [0.29, 0.717) is 136 Å². The van der Waals surface area contributed by atoms with E-state index in [0.717, 1.165) is 132 Å². The Morgan fingerprint density at radius 3 is 0.894 bits per heavy atom. The first-order valence-electron chi connectivity index (χ1n) is 39.2. The van der Waals surface area contributed by atoms with E-state index in [9.17, 15) is 20.6 Å². The second-order valence-electron chi connectivity index (χ2n) is 37.2. The molecule has 674 valence electrons. The minimum atomic E-state index is -1.01. The van der Waals surface area contributed by atoms with Crippen molar-refractivity contribution in [2.45, 2.75) is 228 Å². The number of epoxide rings is 6. The Morgan fingerprint density at radius 2 is 0.681 bits per heavy atom. The summed E-state index contributed by atoms with van der Waals surface area (Å²) in [7, 11) is 21.7. The molecule has 18 N–H and O–H groups in total. The highest BCUT2D eigenvalue weighted by Gasteiger charge is 2.63. The Labute approximate surface area is 718 Å². The van der Waals surface area contributed by atoms with Crippen molar-refractivity contribution in [1.29, 1.82) is 0 Å². The smallest absolute Gasteiger partial charge is 0.349 e. The van der Waals surface area contributed by atoms with E-state index in [1.807, 2.05) is 55.4 Å². The van der Waals surface area contributed by atoms with Crippen LogP contribution in [0.2, 0.25) is 0 Å². The molecule has 0 radical (unpaired) electrons. The average Bonchev–Trinajstić information content (AvgIpc) is 1.62. The summed E-state index contributed by atoms with van der Waals surface area (Å²) in [5.74, 6) is 2.00. The summed E-state index contributed by atoms with van der Waals surface area (Å²) in [4.78, 5) is 13.8. The zero-order valence-corrected chi connectivity index (χ0v) is 77.4. The van der Waals surface area contributed by atoms with Gasteiger partial charge in [-0.15, -0.1) is 34.8 Å². The van der Waals surface area contributed by atoms with Gasteiger partial charge in [0, 0.05) is 103 Å². The summed E-state index contributed by atoms with van der Waals surface area (Å²) in [6.45, 7) is 66.3. The third kappa shape index (κ3) is 55.0. The molecule has 0 spiro atoms. The molecule has 9 rings (SSSR count). The van der Waals surface area contributed by atoms with Crippen LogP contribution in [0.4, 0.5) is 0 Å². The number of nitrogens with one attached hydrogen (secondary N) is 8. The van der Waals surface area contributed by atoms with Crippen LogP contribution in [0.1, 0.15) is 129 Å². The quantitative estimate of drug-likeness (QED) is 0.00922. The number of quaternary nitrogens is 5. The van der Waals surface area contributed by atoms with Crippen LogP contribution in [0, 0.1) is 19.7 Å². The van der Waals surface area contributed by atoms with E-state index >= 15 is 0 Å². The molecule has 0 amide bonds. The summed E-state index contributed by atoms with van der Waals surface area (Å²) in [5.41, 5.74) is 11.8. The van der Waals surface area contributed by atoms with E-state index in [-0.39, 0.29) is 80.0 Å². The van der Waals surface area contributed by atoms with Crippen molar-refractivity contribution in [1.82, 2.24) is 36.8 Å². The first-order valence-corrected chi connectivity index (χ1v) is 40.8. The lowest BCUT2D eigenvalue weighted by Gasteiger charge is -2.53. The number of halogens is 6. The second-order valence-corrected chi connectivity index (χ2v) is 38.2. The van der Waals surface area contributed by atoms with Gasteiger partial charge >= 0.3 is 11.4 Å². The number of aliphatic hydroxyl groups excluding tert-OH is 2. The number of rotatable bonds is 35. The van der Waals surface area contributed by atoms with E-state index in [4.69, 9.17) is 110 Å². The zero-order chi connectivity index (χ0) is 83.4. The number of alkyl halides is 3. The maximum Gasteiger partial charge on any atom is 0.349 e. The molecule has 0 aromatic rings. The number of nitrogens with zero attached hydrogens (tertiary/aromatic N) is 7. The van der Waals surface area contributed by atoms with Crippen molar-refractivity contribution < 1.29 is 119 Å². The van der Waals surface area contributed by atoms with Gasteiger partial charge in [-0.25, -0.2) is 35.4 Å². The molecule has 9 aliphatic rings. The number of ether oxygens (including phenoxy) is 8. The minimum Gasteiger partial charge on any atom is -1.00 e. The number of likely N-dealkylation sites (tertiary alicyclic amines) is 1.